The van der Waals surface area contributed by atoms with Gasteiger partial charge in [0.25, 0.3) is 11.8 Å². The first kappa shape index (κ1) is 60.3. The second kappa shape index (κ2) is 27.6. The minimum Gasteiger partial charge on any atom is -0.449 e. The zero-order valence-electron chi connectivity index (χ0n) is 44.1. The highest BCUT2D eigenvalue weighted by Gasteiger charge is 2.32. The van der Waals surface area contributed by atoms with Gasteiger partial charge in [0.1, 0.15) is 40.8 Å². The summed E-state index contributed by atoms with van der Waals surface area (Å²) in [5, 5.41) is 16.5. The number of pyridine rings is 2. The number of hydrogen-bond acceptors (Lipinski definition) is 13. The standard InChI is InChI=1S/C32H34ClN5O5.C24H28ClN5O3.2ClH/c1-37(2)23-12-9-21(10-13-23)30(39)36-28-25-17-24(38(3)32(41)42-19-20-7-5-4-6-8-20)14-15-26(25)43-29(28)31(40)35-27-16-11-22(33)18-34-27;1-26-16-7-10-19-18(12-16)21(29-23(31)14-4-8-17(9-5-14)30(2)3)22(33-19)24(32)28-20-11-6-15(25)13-27-20;;/h4-8,11,14-18,21,23H,9-10,12-13,19H2,1-3H3,(H,36,39)(H,34,35,40);6-7,10-14,17,26H,4-5,8-9H2,1-3H3,(H,29,31)(H,27,28,32);2*1H. The van der Waals surface area contributed by atoms with Gasteiger partial charge >= 0.3 is 6.09 Å². The molecule has 0 atom stereocenters. The number of anilines is 6. The van der Waals surface area contributed by atoms with Crippen LogP contribution in [-0.2, 0) is 20.9 Å². The van der Waals surface area contributed by atoms with Gasteiger partial charge in [-0.3, -0.25) is 24.1 Å². The zero-order chi connectivity index (χ0) is 54.0. The molecule has 78 heavy (non-hydrogen) atoms. The van der Waals surface area contributed by atoms with Crippen LogP contribution in [0, 0.1) is 11.8 Å². The molecule has 2 aliphatic carbocycles. The molecule has 0 spiro atoms. The molecule has 0 aliphatic heterocycles. The lowest BCUT2D eigenvalue weighted by molar-refractivity contribution is -0.121. The van der Waals surface area contributed by atoms with Gasteiger partial charge in [-0.05, 0) is 146 Å². The molecule has 414 valence electrons. The van der Waals surface area contributed by atoms with Crippen LogP contribution in [0.4, 0.5) is 39.2 Å². The second-order valence-corrected chi connectivity index (χ2v) is 20.3. The minimum absolute atomic E-state index is 0. The summed E-state index contributed by atoms with van der Waals surface area (Å²) < 4.78 is 17.3. The highest BCUT2D eigenvalue weighted by Crippen LogP contribution is 2.38. The Labute approximate surface area is 475 Å². The first-order chi connectivity index (χ1) is 36.5. The van der Waals surface area contributed by atoms with Crippen LogP contribution in [0.1, 0.15) is 78.0 Å². The lowest BCUT2D eigenvalue weighted by Crippen LogP contribution is -2.35. The quantitative estimate of drug-likeness (QED) is 0.0686. The summed E-state index contributed by atoms with van der Waals surface area (Å²) in [5.74, 6) is -1.10. The largest absolute Gasteiger partial charge is 0.449 e. The van der Waals surface area contributed by atoms with Gasteiger partial charge < -0.3 is 50.0 Å². The zero-order valence-corrected chi connectivity index (χ0v) is 47.2. The van der Waals surface area contributed by atoms with Crippen molar-refractivity contribution in [2.24, 2.45) is 11.8 Å². The summed E-state index contributed by atoms with van der Waals surface area (Å²) in [6.45, 7) is 0.123. The van der Waals surface area contributed by atoms with Crippen LogP contribution in [0.2, 0.25) is 10.0 Å². The molecule has 9 rings (SSSR count). The maximum absolute atomic E-state index is 13.5. The number of amides is 5. The lowest BCUT2D eigenvalue weighted by atomic mass is 9.85. The van der Waals surface area contributed by atoms with Crippen molar-refractivity contribution < 1.29 is 37.5 Å². The number of carbonyl (C=O) groups excluding carboxylic acids is 5. The monoisotopic (exact) mass is 1140 g/mol. The molecule has 2 fully saturated rings. The van der Waals surface area contributed by atoms with Gasteiger partial charge in [0.05, 0.1) is 10.0 Å². The number of halogens is 4. The van der Waals surface area contributed by atoms with Crippen molar-refractivity contribution in [3.63, 3.8) is 0 Å². The fourth-order valence-corrected chi connectivity index (χ4v) is 9.67. The van der Waals surface area contributed by atoms with Crippen LogP contribution >= 0.6 is 48.0 Å². The summed E-state index contributed by atoms with van der Waals surface area (Å²) in [4.78, 5) is 80.0. The van der Waals surface area contributed by atoms with Gasteiger partial charge in [-0.2, -0.15) is 0 Å². The number of benzene rings is 3. The normalized spacial score (nSPS) is 16.9. The molecule has 18 nitrogen and oxygen atoms in total. The van der Waals surface area contributed by atoms with Crippen molar-refractivity contribution in [1.82, 2.24) is 19.8 Å². The Morgan fingerprint density at radius 1 is 0.590 bits per heavy atom. The number of fused-ring (bicyclic) bond motifs is 2. The van der Waals surface area contributed by atoms with Crippen molar-refractivity contribution in [3.8, 4) is 0 Å². The number of hydrogen-bond donors (Lipinski definition) is 5. The second-order valence-electron chi connectivity index (χ2n) is 19.4. The summed E-state index contributed by atoms with van der Waals surface area (Å²) in [7, 11) is 11.6. The predicted octanol–water partition coefficient (Wildman–Crippen LogP) is 12.2. The van der Waals surface area contributed by atoms with Crippen LogP contribution < -0.4 is 31.5 Å². The number of carbonyl (C=O) groups is 5. The van der Waals surface area contributed by atoms with E-state index in [0.717, 1.165) is 62.6 Å². The molecule has 22 heteroatoms. The Hall–Kier alpha value is -6.93. The van der Waals surface area contributed by atoms with Gasteiger partial charge in [-0.25, -0.2) is 14.8 Å². The van der Waals surface area contributed by atoms with Crippen molar-refractivity contribution in [3.05, 3.63) is 131 Å². The molecule has 0 saturated heterocycles. The molecule has 4 aromatic heterocycles. The third kappa shape index (κ3) is 15.0. The molecule has 0 bridgehead atoms. The van der Waals surface area contributed by atoms with E-state index in [1.54, 1.807) is 55.6 Å². The molecule has 4 heterocycles. The SMILES string of the molecule is CN(C(=O)OCc1ccccc1)c1ccc2oc(C(=O)Nc3ccc(Cl)cn3)c(NC(=O)C3CCC(N(C)C)CC3)c2c1.CNc1ccc2oc(C(=O)Nc3ccc(Cl)cn3)c(NC(=O)C3CCC(N(C)C)CC3)c2c1.Cl.Cl. The van der Waals surface area contributed by atoms with Crippen LogP contribution in [0.3, 0.4) is 0 Å². The Bertz CT molecular complexity index is 3180. The predicted molar refractivity (Wildman–Crippen MR) is 312 cm³/mol. The van der Waals surface area contributed by atoms with E-state index >= 15 is 0 Å². The summed E-state index contributed by atoms with van der Waals surface area (Å²) in [5.41, 5.74) is 3.69. The van der Waals surface area contributed by atoms with Gasteiger partial charge in [0, 0.05) is 72.6 Å². The Morgan fingerprint density at radius 3 is 1.49 bits per heavy atom. The van der Waals surface area contributed by atoms with E-state index in [0.29, 0.717) is 61.3 Å². The average Bonchev–Trinajstić information content (AvgIpc) is 3.98. The Balaban J connectivity index is 0.000000254. The molecule has 0 radical (unpaired) electrons. The number of ether oxygens (including phenoxy) is 1. The van der Waals surface area contributed by atoms with Crippen molar-refractivity contribution in [2.45, 2.75) is 70.1 Å². The van der Waals surface area contributed by atoms with Crippen molar-refractivity contribution in [1.29, 1.82) is 0 Å². The van der Waals surface area contributed by atoms with E-state index in [1.165, 1.54) is 17.3 Å². The smallest absolute Gasteiger partial charge is 0.414 e. The maximum atomic E-state index is 13.5. The Kier molecular flexibility index (Phi) is 21.3. The fraction of sp³-hybridized carbons (Fsp3) is 0.339. The molecular weight excluding hydrogens is 1080 g/mol. The molecule has 0 unspecified atom stereocenters. The third-order valence-electron chi connectivity index (χ3n) is 14.0. The highest BCUT2D eigenvalue weighted by molar-refractivity contribution is 6.30. The number of nitrogens with one attached hydrogen (secondary N) is 5. The van der Waals surface area contributed by atoms with E-state index in [4.69, 9.17) is 36.8 Å². The maximum Gasteiger partial charge on any atom is 0.414 e. The first-order valence-electron chi connectivity index (χ1n) is 25.1. The van der Waals surface area contributed by atoms with E-state index in [2.05, 4.69) is 74.5 Å². The van der Waals surface area contributed by atoms with Crippen LogP contribution in [0.25, 0.3) is 21.9 Å². The van der Waals surface area contributed by atoms with E-state index in [9.17, 15) is 24.0 Å². The Morgan fingerprint density at radius 2 is 1.05 bits per heavy atom. The molecular formula is C56H64Cl4N10O8. The van der Waals surface area contributed by atoms with Gasteiger partial charge in [-0.1, -0.05) is 53.5 Å². The highest BCUT2D eigenvalue weighted by atomic mass is 35.5. The number of aromatic nitrogens is 2. The van der Waals surface area contributed by atoms with E-state index in [1.807, 2.05) is 49.5 Å². The number of nitrogens with zero attached hydrogens (tertiary/aromatic N) is 5. The summed E-state index contributed by atoms with van der Waals surface area (Å²) in [6.07, 6.45) is 9.16. The molecule has 5 N–H and O–H groups in total. The topological polar surface area (TPSA) is 217 Å². The summed E-state index contributed by atoms with van der Waals surface area (Å²) in [6, 6.07) is 27.2. The number of furan rings is 2. The van der Waals surface area contributed by atoms with Crippen LogP contribution in [-0.4, -0.2) is 104 Å². The molecule has 3 aromatic carbocycles. The van der Waals surface area contributed by atoms with E-state index in [-0.39, 0.29) is 78.1 Å². The van der Waals surface area contributed by atoms with Crippen LogP contribution in [0.15, 0.2) is 112 Å². The van der Waals surface area contributed by atoms with Gasteiger partial charge in [0.2, 0.25) is 23.3 Å². The lowest BCUT2D eigenvalue weighted by Gasteiger charge is -2.31. The van der Waals surface area contributed by atoms with Crippen molar-refractivity contribution in [2.75, 3.05) is 73.8 Å². The minimum atomic E-state index is -0.588. The number of rotatable bonds is 14. The molecule has 2 aliphatic rings. The molecule has 7 aromatic rings. The summed E-state index contributed by atoms with van der Waals surface area (Å²) >= 11 is 11.8. The van der Waals surface area contributed by atoms with Crippen LogP contribution in [0.5, 0.6) is 0 Å². The van der Waals surface area contributed by atoms with Gasteiger partial charge in [0.15, 0.2) is 0 Å². The third-order valence-corrected chi connectivity index (χ3v) is 14.4. The molecule has 5 amide bonds. The van der Waals surface area contributed by atoms with Crippen molar-refractivity contribution >= 4 is 134 Å². The molecule has 2 saturated carbocycles. The average molecular weight is 1150 g/mol. The fourth-order valence-electron chi connectivity index (χ4n) is 9.44. The van der Waals surface area contributed by atoms with Gasteiger partial charge in [-0.15, -0.1) is 24.8 Å². The first-order valence-corrected chi connectivity index (χ1v) is 25.9. The van der Waals surface area contributed by atoms with E-state index < -0.39 is 17.9 Å².